The van der Waals surface area contributed by atoms with Crippen LogP contribution in [-0.4, -0.2) is 10.2 Å². The van der Waals surface area contributed by atoms with Crippen LogP contribution in [0.2, 0.25) is 0 Å². The van der Waals surface area contributed by atoms with E-state index in [1.807, 2.05) is 26.0 Å². The molecule has 0 heterocycles. The van der Waals surface area contributed by atoms with Crippen molar-refractivity contribution in [3.63, 3.8) is 0 Å². The second-order valence-corrected chi connectivity index (χ2v) is 9.32. The molecule has 31 heavy (non-hydrogen) atoms. The van der Waals surface area contributed by atoms with Gasteiger partial charge < -0.3 is 10.2 Å². The summed E-state index contributed by atoms with van der Waals surface area (Å²) in [4.78, 5) is 0. The maximum Gasteiger partial charge on any atom is 0.118 e. The van der Waals surface area contributed by atoms with Crippen LogP contribution in [-0.2, 0) is 0 Å². The molecular weight excluding hydrogens is 380 g/mol. The van der Waals surface area contributed by atoms with Gasteiger partial charge in [0.2, 0.25) is 0 Å². The highest BCUT2D eigenvalue weighted by molar-refractivity contribution is 5.43. The van der Waals surface area contributed by atoms with Crippen LogP contribution < -0.4 is 0 Å². The van der Waals surface area contributed by atoms with Crippen LogP contribution >= 0.6 is 0 Å². The van der Waals surface area contributed by atoms with Gasteiger partial charge in [-0.15, -0.1) is 0 Å². The molecule has 172 valence electrons. The summed E-state index contributed by atoms with van der Waals surface area (Å²) >= 11 is 0. The quantitative estimate of drug-likeness (QED) is 0.280. The summed E-state index contributed by atoms with van der Waals surface area (Å²) in [6.07, 6.45) is 17.4. The second-order valence-electron chi connectivity index (χ2n) is 9.32. The number of rotatable bonds is 15. The van der Waals surface area contributed by atoms with E-state index in [1.165, 1.54) is 88.2 Å². The highest BCUT2D eigenvalue weighted by Gasteiger charge is 2.16. The molecule has 2 aromatic carbocycles. The lowest BCUT2D eigenvalue weighted by atomic mass is 9.85. The first-order chi connectivity index (χ1) is 15.0. The van der Waals surface area contributed by atoms with Gasteiger partial charge in [0.15, 0.2) is 0 Å². The number of aryl methyl sites for hydroxylation is 2. The number of phenols is 2. The molecule has 0 amide bonds. The first kappa shape index (κ1) is 25.3. The Labute approximate surface area is 190 Å². The fourth-order valence-corrected chi connectivity index (χ4v) is 4.51. The third kappa shape index (κ3) is 8.97. The molecule has 0 saturated carbocycles. The van der Waals surface area contributed by atoms with Gasteiger partial charge in [-0.3, -0.25) is 0 Å². The minimum absolute atomic E-state index is 0.307. The van der Waals surface area contributed by atoms with Crippen molar-refractivity contribution in [2.75, 3.05) is 0 Å². The van der Waals surface area contributed by atoms with Gasteiger partial charge in [-0.1, -0.05) is 108 Å². The van der Waals surface area contributed by atoms with E-state index >= 15 is 0 Å². The summed E-state index contributed by atoms with van der Waals surface area (Å²) in [6, 6.07) is 12.0. The van der Waals surface area contributed by atoms with Gasteiger partial charge >= 0.3 is 0 Å². The molecule has 2 heteroatoms. The molecule has 0 aliphatic heterocycles. The summed E-state index contributed by atoms with van der Waals surface area (Å²) in [5.41, 5.74) is 4.35. The summed E-state index contributed by atoms with van der Waals surface area (Å²) < 4.78 is 0. The minimum atomic E-state index is 0.307. The monoisotopic (exact) mass is 424 g/mol. The molecule has 0 radical (unpaired) electrons. The van der Waals surface area contributed by atoms with E-state index in [1.54, 1.807) is 0 Å². The zero-order valence-electron chi connectivity index (χ0n) is 20.1. The van der Waals surface area contributed by atoms with Crippen LogP contribution in [0.4, 0.5) is 0 Å². The summed E-state index contributed by atoms with van der Waals surface area (Å²) in [6.45, 7) is 6.20. The van der Waals surface area contributed by atoms with E-state index in [9.17, 15) is 10.2 Å². The van der Waals surface area contributed by atoms with E-state index in [-0.39, 0.29) is 0 Å². The first-order valence-corrected chi connectivity index (χ1v) is 12.6. The third-order valence-corrected chi connectivity index (χ3v) is 6.59. The number of aromatic hydroxyl groups is 2. The summed E-state index contributed by atoms with van der Waals surface area (Å²) in [5.74, 6) is 1.02. The molecule has 2 rings (SSSR count). The average Bonchev–Trinajstić information content (AvgIpc) is 2.76. The topological polar surface area (TPSA) is 40.5 Å². The molecule has 0 fully saturated rings. The van der Waals surface area contributed by atoms with Gasteiger partial charge in [0.1, 0.15) is 11.5 Å². The highest BCUT2D eigenvalue weighted by atomic mass is 16.3. The van der Waals surface area contributed by atoms with Gasteiger partial charge in [-0.25, -0.2) is 0 Å². The summed E-state index contributed by atoms with van der Waals surface area (Å²) in [7, 11) is 0. The molecule has 0 spiro atoms. The standard InChI is InChI=1S/C29H44O2/c1-4-5-6-7-8-9-10-11-12-13-14-15-16-27(25-17-19-28(30)23(2)21-25)26-18-20-29(31)24(3)22-26/h17-22,27,30-31H,4-16H2,1-3H3. The van der Waals surface area contributed by atoms with Crippen LogP contribution in [0.1, 0.15) is 119 Å². The smallest absolute Gasteiger partial charge is 0.118 e. The molecule has 2 nitrogen and oxygen atoms in total. The number of benzene rings is 2. The third-order valence-electron chi connectivity index (χ3n) is 6.59. The zero-order valence-corrected chi connectivity index (χ0v) is 20.1. The van der Waals surface area contributed by atoms with Crippen molar-refractivity contribution in [1.29, 1.82) is 0 Å². The SMILES string of the molecule is CCCCCCCCCCCCCCC(c1ccc(O)c(C)c1)c1ccc(O)c(C)c1. The lowest BCUT2D eigenvalue weighted by Gasteiger charge is -2.20. The van der Waals surface area contributed by atoms with E-state index in [2.05, 4.69) is 31.2 Å². The first-order valence-electron chi connectivity index (χ1n) is 12.6. The second kappa shape index (κ2) is 14.2. The zero-order chi connectivity index (χ0) is 22.5. The maximum atomic E-state index is 9.93. The molecule has 2 aromatic rings. The van der Waals surface area contributed by atoms with Gasteiger partial charge in [-0.2, -0.15) is 0 Å². The van der Waals surface area contributed by atoms with Crippen molar-refractivity contribution in [2.24, 2.45) is 0 Å². The fourth-order valence-electron chi connectivity index (χ4n) is 4.51. The number of hydrogen-bond acceptors (Lipinski definition) is 2. The Hall–Kier alpha value is -1.96. The Morgan fingerprint density at radius 3 is 1.35 bits per heavy atom. The molecular formula is C29H44O2. The Balaban J connectivity index is 1.79. The molecule has 0 unspecified atom stereocenters. The van der Waals surface area contributed by atoms with Gasteiger partial charge in [0.25, 0.3) is 0 Å². The lowest BCUT2D eigenvalue weighted by molar-refractivity contribution is 0.470. The molecule has 0 atom stereocenters. The number of hydrogen-bond donors (Lipinski definition) is 2. The van der Waals surface area contributed by atoms with Crippen LogP contribution in [0.15, 0.2) is 36.4 Å². The van der Waals surface area contributed by atoms with Crippen molar-refractivity contribution in [1.82, 2.24) is 0 Å². The molecule has 0 bridgehead atoms. The van der Waals surface area contributed by atoms with Gasteiger partial charge in [-0.05, 0) is 54.7 Å². The molecule has 0 aliphatic carbocycles. The van der Waals surface area contributed by atoms with Crippen molar-refractivity contribution in [3.05, 3.63) is 58.7 Å². The fraction of sp³-hybridized carbons (Fsp3) is 0.586. The normalized spacial score (nSPS) is 11.4. The average molecular weight is 425 g/mol. The Kier molecular flexibility index (Phi) is 11.6. The van der Waals surface area contributed by atoms with Gasteiger partial charge in [0, 0.05) is 5.92 Å². The largest absolute Gasteiger partial charge is 0.508 e. The Morgan fingerprint density at radius 1 is 0.581 bits per heavy atom. The van der Waals surface area contributed by atoms with Crippen molar-refractivity contribution in [2.45, 2.75) is 110 Å². The molecule has 0 saturated heterocycles. The van der Waals surface area contributed by atoms with Crippen molar-refractivity contribution in [3.8, 4) is 11.5 Å². The van der Waals surface area contributed by atoms with E-state index in [0.717, 1.165) is 17.5 Å². The summed E-state index contributed by atoms with van der Waals surface area (Å²) in [5, 5.41) is 19.9. The van der Waals surface area contributed by atoms with Crippen LogP contribution in [0.3, 0.4) is 0 Å². The minimum Gasteiger partial charge on any atom is -0.508 e. The predicted octanol–water partition coefficient (Wildman–Crippen LogP) is 8.94. The maximum absolute atomic E-state index is 9.93. The Bertz CT molecular complexity index is 714. The van der Waals surface area contributed by atoms with Crippen molar-refractivity contribution < 1.29 is 10.2 Å². The van der Waals surface area contributed by atoms with Crippen LogP contribution in [0, 0.1) is 13.8 Å². The van der Waals surface area contributed by atoms with Crippen molar-refractivity contribution >= 4 is 0 Å². The van der Waals surface area contributed by atoms with E-state index < -0.39 is 0 Å². The van der Waals surface area contributed by atoms with E-state index in [0.29, 0.717) is 17.4 Å². The Morgan fingerprint density at radius 2 is 0.968 bits per heavy atom. The molecule has 0 aromatic heterocycles. The van der Waals surface area contributed by atoms with E-state index in [4.69, 9.17) is 0 Å². The highest BCUT2D eigenvalue weighted by Crippen LogP contribution is 2.34. The van der Waals surface area contributed by atoms with Crippen LogP contribution in [0.25, 0.3) is 0 Å². The predicted molar refractivity (Wildman–Crippen MR) is 133 cm³/mol. The molecule has 2 N–H and O–H groups in total. The van der Waals surface area contributed by atoms with Gasteiger partial charge in [0.05, 0.1) is 0 Å². The lowest BCUT2D eigenvalue weighted by Crippen LogP contribution is -2.02. The molecule has 0 aliphatic rings. The van der Waals surface area contributed by atoms with Crippen LogP contribution in [0.5, 0.6) is 11.5 Å². The number of phenolic OH excluding ortho intramolecular Hbond substituents is 2. The number of unbranched alkanes of at least 4 members (excludes halogenated alkanes) is 11.